The number of amides is 2. The zero-order chi connectivity index (χ0) is 30.7. The summed E-state index contributed by atoms with van der Waals surface area (Å²) in [5.41, 5.74) is -0.121. The molecule has 2 aromatic carbocycles. The van der Waals surface area contributed by atoms with Gasteiger partial charge in [-0.05, 0) is 55.9 Å². The van der Waals surface area contributed by atoms with Crippen LogP contribution in [0.1, 0.15) is 44.7 Å². The molecule has 0 spiro atoms. The van der Waals surface area contributed by atoms with Crippen molar-refractivity contribution in [2.45, 2.75) is 50.8 Å². The molecule has 0 radical (unpaired) electrons. The number of hydrogen-bond donors (Lipinski definition) is 2. The Morgan fingerprint density at radius 1 is 1.02 bits per heavy atom. The van der Waals surface area contributed by atoms with Crippen LogP contribution in [0.25, 0.3) is 11.1 Å². The average molecular weight is 587 g/mol. The van der Waals surface area contributed by atoms with Crippen LogP contribution in [0.4, 0.5) is 29.3 Å². The van der Waals surface area contributed by atoms with Gasteiger partial charge in [-0.15, -0.1) is 0 Å². The van der Waals surface area contributed by atoms with Gasteiger partial charge in [-0.25, -0.2) is 9.78 Å². The molecule has 1 aromatic heterocycles. The molecule has 0 saturated heterocycles. The average Bonchev–Trinajstić information content (AvgIpc) is 3.19. The number of benzene rings is 2. The van der Waals surface area contributed by atoms with E-state index in [0.717, 1.165) is 23.4 Å². The number of rotatable bonds is 9. The lowest BCUT2D eigenvalue weighted by atomic mass is 9.73. The zero-order valence-corrected chi connectivity index (χ0v) is 23.1. The Hall–Kier alpha value is -4.68. The molecule has 1 aliphatic carbocycles. The molecule has 222 valence electrons. The van der Waals surface area contributed by atoms with Crippen molar-refractivity contribution in [1.82, 2.24) is 10.3 Å². The Morgan fingerprint density at radius 2 is 1.62 bits per heavy atom. The third-order valence-corrected chi connectivity index (χ3v) is 6.52. The third-order valence-electron chi connectivity index (χ3n) is 6.52. The van der Waals surface area contributed by atoms with Gasteiger partial charge in [0.2, 0.25) is 11.8 Å². The lowest BCUT2D eigenvalue weighted by Crippen LogP contribution is -2.47. The van der Waals surface area contributed by atoms with Gasteiger partial charge in [0.25, 0.3) is 5.69 Å². The first-order valence-electron chi connectivity index (χ1n) is 13.0. The molecule has 1 heterocycles. The second kappa shape index (κ2) is 11.7. The summed E-state index contributed by atoms with van der Waals surface area (Å²) in [6.45, 7) is 3.38. The van der Waals surface area contributed by atoms with E-state index in [1.54, 1.807) is 57.2 Å². The molecule has 0 atom stereocenters. The van der Waals surface area contributed by atoms with Crippen LogP contribution >= 0.6 is 0 Å². The molecular weight excluding hydrogens is 557 g/mol. The van der Waals surface area contributed by atoms with Crippen LogP contribution in [0.3, 0.4) is 0 Å². The van der Waals surface area contributed by atoms with Crippen molar-refractivity contribution >= 4 is 23.4 Å². The van der Waals surface area contributed by atoms with Crippen LogP contribution in [0, 0.1) is 10.1 Å². The molecule has 0 saturated carbocycles. The van der Waals surface area contributed by atoms with Crippen LogP contribution in [-0.2, 0) is 14.9 Å². The predicted octanol–water partition coefficient (Wildman–Crippen LogP) is 6.14. The zero-order valence-electron chi connectivity index (χ0n) is 23.1. The van der Waals surface area contributed by atoms with Crippen LogP contribution in [0.5, 0.6) is 5.88 Å². The number of nitrogens with zero attached hydrogens (tertiary/aromatic N) is 2. The van der Waals surface area contributed by atoms with Crippen molar-refractivity contribution in [2.24, 2.45) is 0 Å². The molecule has 4 rings (SSSR count). The summed E-state index contributed by atoms with van der Waals surface area (Å²) < 4.78 is 50.2. The van der Waals surface area contributed by atoms with E-state index in [1.807, 2.05) is 12.1 Å². The molecule has 0 aliphatic heterocycles. The molecule has 2 N–H and O–H groups in total. The van der Waals surface area contributed by atoms with Gasteiger partial charge in [0.1, 0.15) is 29.4 Å². The minimum Gasteiger partial charge on any atom is -0.476 e. The van der Waals surface area contributed by atoms with E-state index >= 15 is 0 Å². The van der Waals surface area contributed by atoms with Crippen molar-refractivity contribution in [1.29, 1.82) is 0 Å². The number of nitrogens with one attached hydrogen (secondary N) is 2. The van der Waals surface area contributed by atoms with Crippen molar-refractivity contribution < 1.29 is 37.2 Å². The SMILES string of the molecule is CC(C)(C)OC(=O)Nc1cc([N+](=O)[O-])cnc1OCCCC1(C(=O)NCC(F)(F)F)c2ccccc2-c2ccccc21. The Morgan fingerprint density at radius 3 is 2.17 bits per heavy atom. The summed E-state index contributed by atoms with van der Waals surface area (Å²) in [4.78, 5) is 40.5. The van der Waals surface area contributed by atoms with E-state index in [-0.39, 0.29) is 31.0 Å². The summed E-state index contributed by atoms with van der Waals surface area (Å²) in [7, 11) is 0. The molecular formula is C29H29F3N4O6. The molecule has 10 nitrogen and oxygen atoms in total. The molecule has 13 heteroatoms. The van der Waals surface area contributed by atoms with Crippen LogP contribution in [0.15, 0.2) is 60.8 Å². The fourth-order valence-corrected chi connectivity index (χ4v) is 4.95. The van der Waals surface area contributed by atoms with Gasteiger partial charge in [0, 0.05) is 6.07 Å². The van der Waals surface area contributed by atoms with E-state index in [1.165, 1.54) is 0 Å². The number of nitro groups is 1. The second-order valence-electron chi connectivity index (χ2n) is 10.7. The lowest BCUT2D eigenvalue weighted by molar-refractivity contribution is -0.385. The number of hydrogen-bond acceptors (Lipinski definition) is 7. The highest BCUT2D eigenvalue weighted by Gasteiger charge is 2.49. The number of carbonyl (C=O) groups excluding carboxylic acids is 2. The lowest BCUT2D eigenvalue weighted by Gasteiger charge is -2.31. The Balaban J connectivity index is 1.59. The van der Waals surface area contributed by atoms with Crippen molar-refractivity contribution in [3.63, 3.8) is 0 Å². The first-order valence-corrected chi connectivity index (χ1v) is 13.0. The van der Waals surface area contributed by atoms with Crippen LogP contribution in [0.2, 0.25) is 0 Å². The number of alkyl halides is 3. The highest BCUT2D eigenvalue weighted by molar-refractivity contribution is 6.00. The van der Waals surface area contributed by atoms with Gasteiger partial charge < -0.3 is 14.8 Å². The standard InChI is InChI=1S/C29H29F3N4O6/c1-27(2,3)42-26(38)35-23-15-18(36(39)40)16-33-24(23)41-14-8-13-28(25(37)34-17-29(30,31)32)21-11-6-4-9-19(21)20-10-5-7-12-22(20)28/h4-7,9-12,15-16H,8,13-14,17H2,1-3H3,(H,34,37)(H,35,38). The number of anilines is 1. The molecule has 0 bridgehead atoms. The number of carbonyl (C=O) groups is 2. The first kappa shape index (κ1) is 30.3. The Bertz CT molecular complexity index is 1460. The highest BCUT2D eigenvalue weighted by atomic mass is 19.4. The van der Waals surface area contributed by atoms with E-state index in [4.69, 9.17) is 9.47 Å². The van der Waals surface area contributed by atoms with Crippen molar-refractivity contribution in [2.75, 3.05) is 18.5 Å². The summed E-state index contributed by atoms with van der Waals surface area (Å²) in [6.07, 6.45) is -4.27. The van der Waals surface area contributed by atoms with E-state index < -0.39 is 46.3 Å². The Labute approximate surface area is 239 Å². The van der Waals surface area contributed by atoms with Gasteiger partial charge in [-0.2, -0.15) is 13.2 Å². The summed E-state index contributed by atoms with van der Waals surface area (Å²) in [6, 6.07) is 15.2. The fourth-order valence-electron chi connectivity index (χ4n) is 4.95. The van der Waals surface area contributed by atoms with Crippen LogP contribution < -0.4 is 15.4 Å². The fraction of sp³-hybridized carbons (Fsp3) is 0.345. The molecule has 1 aliphatic rings. The van der Waals surface area contributed by atoms with Gasteiger partial charge >= 0.3 is 12.3 Å². The topological polar surface area (TPSA) is 133 Å². The maximum Gasteiger partial charge on any atom is 0.412 e. The molecule has 0 fully saturated rings. The number of halogens is 3. The normalized spacial score (nSPS) is 13.5. The second-order valence-corrected chi connectivity index (χ2v) is 10.7. The predicted molar refractivity (Wildman–Crippen MR) is 147 cm³/mol. The first-order chi connectivity index (χ1) is 19.7. The van der Waals surface area contributed by atoms with Gasteiger partial charge in [-0.1, -0.05) is 48.5 Å². The third kappa shape index (κ3) is 6.61. The monoisotopic (exact) mass is 586 g/mol. The maximum atomic E-state index is 13.6. The molecule has 3 aromatic rings. The molecule has 2 amide bonds. The maximum absolute atomic E-state index is 13.6. The van der Waals surface area contributed by atoms with E-state index in [0.29, 0.717) is 11.1 Å². The van der Waals surface area contributed by atoms with Gasteiger partial charge in [-0.3, -0.25) is 20.2 Å². The largest absolute Gasteiger partial charge is 0.476 e. The quantitative estimate of drug-likeness (QED) is 0.175. The van der Waals surface area contributed by atoms with Crippen LogP contribution in [-0.4, -0.2) is 46.8 Å². The number of ether oxygens (including phenoxy) is 2. The summed E-state index contributed by atoms with van der Waals surface area (Å²) in [5, 5.41) is 15.7. The molecule has 0 unspecified atom stereocenters. The van der Waals surface area contributed by atoms with Crippen molar-refractivity contribution in [3.8, 4) is 17.0 Å². The number of fused-ring (bicyclic) bond motifs is 3. The van der Waals surface area contributed by atoms with Crippen molar-refractivity contribution in [3.05, 3.63) is 82.0 Å². The smallest absolute Gasteiger partial charge is 0.412 e. The van der Waals surface area contributed by atoms with E-state index in [9.17, 15) is 32.9 Å². The number of aromatic nitrogens is 1. The van der Waals surface area contributed by atoms with Gasteiger partial charge in [0.05, 0.1) is 11.5 Å². The minimum absolute atomic E-state index is 0.0759. The summed E-state index contributed by atoms with van der Waals surface area (Å²) in [5.74, 6) is -0.924. The molecule has 42 heavy (non-hydrogen) atoms. The summed E-state index contributed by atoms with van der Waals surface area (Å²) >= 11 is 0. The highest BCUT2D eigenvalue weighted by Crippen LogP contribution is 2.51. The Kier molecular flexibility index (Phi) is 8.41. The van der Waals surface area contributed by atoms with Gasteiger partial charge in [0.15, 0.2) is 0 Å². The number of pyridine rings is 1. The minimum atomic E-state index is -4.60. The van der Waals surface area contributed by atoms with E-state index in [2.05, 4.69) is 15.6 Å².